The number of pyridine rings is 1. The predicted octanol–water partition coefficient (Wildman–Crippen LogP) is 2.96. The van der Waals surface area contributed by atoms with Crippen LogP contribution in [0.15, 0.2) is 53.5 Å². The lowest BCUT2D eigenvalue weighted by Gasteiger charge is -2.16. The Hall–Kier alpha value is -3.06. The fourth-order valence-electron chi connectivity index (χ4n) is 3.31. The van der Waals surface area contributed by atoms with Gasteiger partial charge in [0, 0.05) is 37.1 Å². The molecule has 1 aromatic carbocycles. The minimum atomic E-state index is -0.188. The Kier molecular flexibility index (Phi) is 5.67. The molecule has 0 spiro atoms. The first-order chi connectivity index (χ1) is 14.1. The Balaban J connectivity index is 1.39. The third-order valence-corrected chi connectivity index (χ3v) is 5.03. The van der Waals surface area contributed by atoms with Gasteiger partial charge in [-0.25, -0.2) is 4.98 Å². The zero-order valence-corrected chi connectivity index (χ0v) is 16.6. The minimum Gasteiger partial charge on any atom is -0.484 e. The quantitative estimate of drug-likeness (QED) is 0.673. The highest BCUT2D eigenvalue weighted by atomic mass is 35.5. The third kappa shape index (κ3) is 4.68. The molecule has 0 saturated carbocycles. The van der Waals surface area contributed by atoms with Crippen molar-refractivity contribution in [2.75, 3.05) is 25.0 Å². The number of carbonyl (C=O) groups excluding carboxylic acids is 1. The van der Waals surface area contributed by atoms with E-state index in [2.05, 4.69) is 10.3 Å². The van der Waals surface area contributed by atoms with Crippen LogP contribution in [0.25, 0.3) is 5.65 Å². The molecule has 8 heteroatoms. The van der Waals surface area contributed by atoms with Gasteiger partial charge in [0.1, 0.15) is 11.4 Å². The van der Waals surface area contributed by atoms with Crippen molar-refractivity contribution < 1.29 is 9.53 Å². The van der Waals surface area contributed by atoms with E-state index >= 15 is 0 Å². The summed E-state index contributed by atoms with van der Waals surface area (Å²) in [6, 6.07) is 12.3. The molecule has 29 heavy (non-hydrogen) atoms. The maximum Gasteiger partial charge on any atom is 0.260 e. The van der Waals surface area contributed by atoms with Crippen molar-refractivity contribution in [3.05, 3.63) is 69.7 Å². The van der Waals surface area contributed by atoms with Gasteiger partial charge in [0.05, 0.1) is 17.3 Å². The Labute approximate surface area is 172 Å². The number of fused-ring (bicyclic) bond motifs is 1. The number of anilines is 1. The molecule has 4 rings (SSSR count). The molecule has 1 aliphatic heterocycles. The van der Waals surface area contributed by atoms with Crippen LogP contribution in [0, 0.1) is 0 Å². The fourth-order valence-corrected chi connectivity index (χ4v) is 3.47. The maximum atomic E-state index is 12.3. The number of amides is 1. The lowest BCUT2D eigenvalue weighted by atomic mass is 10.3. The number of ether oxygens (including phenoxy) is 1. The largest absolute Gasteiger partial charge is 0.484 e. The van der Waals surface area contributed by atoms with Gasteiger partial charge in [-0.3, -0.25) is 14.0 Å². The molecule has 3 heterocycles. The second kappa shape index (κ2) is 8.53. The summed E-state index contributed by atoms with van der Waals surface area (Å²) in [5.41, 5.74) is 1.78. The van der Waals surface area contributed by atoms with Crippen LogP contribution >= 0.6 is 11.6 Å². The number of carbonyl (C=O) groups is 1. The molecule has 3 aromatic rings. The van der Waals surface area contributed by atoms with Gasteiger partial charge in [0.25, 0.3) is 11.5 Å². The summed E-state index contributed by atoms with van der Waals surface area (Å²) < 4.78 is 7.06. The molecule has 1 N–H and O–H groups in total. The first-order valence-corrected chi connectivity index (χ1v) is 9.89. The molecule has 1 amide bonds. The molecule has 150 valence electrons. The first-order valence-electron chi connectivity index (χ1n) is 9.51. The normalized spacial score (nSPS) is 13.6. The number of nitrogens with one attached hydrogen (secondary N) is 1. The topological polar surface area (TPSA) is 75.9 Å². The number of hydrogen-bond donors (Lipinski definition) is 1. The van der Waals surface area contributed by atoms with Crippen LogP contribution in [0.2, 0.25) is 5.02 Å². The summed E-state index contributed by atoms with van der Waals surface area (Å²) in [5, 5.41) is 3.71. The molecule has 0 atom stereocenters. The molecule has 2 aromatic heterocycles. The number of hydrogen-bond acceptors (Lipinski definition) is 5. The van der Waals surface area contributed by atoms with Gasteiger partial charge in [0.2, 0.25) is 0 Å². The van der Waals surface area contributed by atoms with E-state index in [1.165, 1.54) is 10.5 Å². The average Bonchev–Trinajstić information content (AvgIpc) is 3.26. The van der Waals surface area contributed by atoms with Crippen molar-refractivity contribution >= 4 is 28.8 Å². The van der Waals surface area contributed by atoms with Gasteiger partial charge in [-0.2, -0.15) is 0 Å². The average molecular weight is 413 g/mol. The molecular weight excluding hydrogens is 392 g/mol. The van der Waals surface area contributed by atoms with Gasteiger partial charge in [0.15, 0.2) is 6.61 Å². The maximum absolute atomic E-state index is 12.3. The number of aromatic nitrogens is 2. The van der Waals surface area contributed by atoms with E-state index < -0.39 is 0 Å². The smallest absolute Gasteiger partial charge is 0.260 e. The molecule has 1 aliphatic rings. The van der Waals surface area contributed by atoms with E-state index in [0.29, 0.717) is 28.7 Å². The highest BCUT2D eigenvalue weighted by molar-refractivity contribution is 6.30. The van der Waals surface area contributed by atoms with Crippen LogP contribution in [0.5, 0.6) is 5.75 Å². The fraction of sp³-hybridized carbons (Fsp3) is 0.286. The molecule has 7 nitrogen and oxygen atoms in total. The zero-order chi connectivity index (χ0) is 20.2. The number of rotatable bonds is 6. The summed E-state index contributed by atoms with van der Waals surface area (Å²) in [4.78, 5) is 30.7. The second-order valence-corrected chi connectivity index (χ2v) is 7.36. The molecule has 1 saturated heterocycles. The Morgan fingerprint density at radius 2 is 2.00 bits per heavy atom. The van der Waals surface area contributed by atoms with Gasteiger partial charge >= 0.3 is 0 Å². The van der Waals surface area contributed by atoms with Crippen LogP contribution in [0.1, 0.15) is 18.5 Å². The van der Waals surface area contributed by atoms with Gasteiger partial charge in [-0.1, -0.05) is 17.7 Å². The molecular formula is C21H21ClN4O3. The third-order valence-electron chi connectivity index (χ3n) is 4.81. The lowest BCUT2D eigenvalue weighted by Crippen LogP contribution is -2.32. The van der Waals surface area contributed by atoms with E-state index in [0.717, 1.165) is 31.6 Å². The monoisotopic (exact) mass is 412 g/mol. The van der Waals surface area contributed by atoms with Gasteiger partial charge < -0.3 is 15.0 Å². The molecule has 0 radical (unpaired) electrons. The van der Waals surface area contributed by atoms with E-state index in [-0.39, 0.29) is 18.1 Å². The van der Waals surface area contributed by atoms with Crippen molar-refractivity contribution in [1.82, 2.24) is 14.3 Å². The standard InChI is InChI=1S/C21H21ClN4O3/c22-15-6-7-19-24-17(11-20(27)26(19)13-15)12-23-16-4-3-5-18(10-16)29-14-21(28)25-8-1-2-9-25/h3-7,10-11,13,23H,1-2,8-9,12,14H2. The number of likely N-dealkylation sites (tertiary alicyclic amines) is 1. The SMILES string of the molecule is O=C(COc1cccc(NCc2cc(=O)n3cc(Cl)ccc3n2)c1)N1CCCC1. The van der Waals surface area contributed by atoms with Crippen molar-refractivity contribution in [1.29, 1.82) is 0 Å². The van der Waals surface area contributed by atoms with Crippen LogP contribution in [-0.2, 0) is 11.3 Å². The second-order valence-electron chi connectivity index (χ2n) is 6.92. The van der Waals surface area contributed by atoms with Crippen molar-refractivity contribution in [2.45, 2.75) is 19.4 Å². The van der Waals surface area contributed by atoms with Crippen molar-refractivity contribution in [2.24, 2.45) is 0 Å². The Morgan fingerprint density at radius 1 is 1.17 bits per heavy atom. The zero-order valence-electron chi connectivity index (χ0n) is 15.8. The van der Waals surface area contributed by atoms with Gasteiger partial charge in [-0.05, 0) is 37.1 Å². The van der Waals surface area contributed by atoms with Crippen LogP contribution in [-0.4, -0.2) is 39.9 Å². The van der Waals surface area contributed by atoms with Crippen molar-refractivity contribution in [3.8, 4) is 5.75 Å². The van der Waals surface area contributed by atoms with E-state index in [9.17, 15) is 9.59 Å². The number of nitrogens with zero attached hydrogens (tertiary/aromatic N) is 3. The van der Waals surface area contributed by atoms with E-state index in [1.54, 1.807) is 18.3 Å². The Bertz CT molecular complexity index is 1090. The predicted molar refractivity (Wildman–Crippen MR) is 112 cm³/mol. The summed E-state index contributed by atoms with van der Waals surface area (Å²) in [6.07, 6.45) is 3.67. The van der Waals surface area contributed by atoms with Crippen LogP contribution in [0.3, 0.4) is 0 Å². The van der Waals surface area contributed by atoms with Crippen LogP contribution in [0.4, 0.5) is 5.69 Å². The molecule has 1 fully saturated rings. The van der Waals surface area contributed by atoms with E-state index in [4.69, 9.17) is 16.3 Å². The molecule has 0 aliphatic carbocycles. The summed E-state index contributed by atoms with van der Waals surface area (Å²) in [5.74, 6) is 0.630. The highest BCUT2D eigenvalue weighted by Gasteiger charge is 2.18. The lowest BCUT2D eigenvalue weighted by molar-refractivity contribution is -0.132. The molecule has 0 unspecified atom stereocenters. The van der Waals surface area contributed by atoms with Crippen molar-refractivity contribution in [3.63, 3.8) is 0 Å². The first kappa shape index (κ1) is 19.3. The summed E-state index contributed by atoms with van der Waals surface area (Å²) >= 11 is 5.93. The summed E-state index contributed by atoms with van der Waals surface area (Å²) in [7, 11) is 0. The molecule has 0 bridgehead atoms. The van der Waals surface area contributed by atoms with E-state index in [1.807, 2.05) is 29.2 Å². The van der Waals surface area contributed by atoms with Crippen LogP contribution < -0.4 is 15.6 Å². The number of halogens is 1. The minimum absolute atomic E-state index is 0.0156. The highest BCUT2D eigenvalue weighted by Crippen LogP contribution is 2.18. The number of benzene rings is 1. The summed E-state index contributed by atoms with van der Waals surface area (Å²) in [6.45, 7) is 2.04. The van der Waals surface area contributed by atoms with Gasteiger partial charge in [-0.15, -0.1) is 0 Å². The Morgan fingerprint density at radius 3 is 2.83 bits per heavy atom.